The zero-order chi connectivity index (χ0) is 34.9. The maximum absolute atomic E-state index is 12.7. The van der Waals surface area contributed by atoms with E-state index in [9.17, 15) is 15.0 Å². The Labute approximate surface area is 288 Å². The number of H-pyrrole nitrogens is 1. The van der Waals surface area contributed by atoms with Gasteiger partial charge in [-0.2, -0.15) is 0 Å². The lowest BCUT2D eigenvalue weighted by Crippen LogP contribution is -2.56. The van der Waals surface area contributed by atoms with E-state index in [1.807, 2.05) is 78.9 Å². The molecular weight excluding hydrogens is 645 g/mol. The molecule has 48 heavy (non-hydrogen) atoms. The van der Waals surface area contributed by atoms with Crippen molar-refractivity contribution in [3.05, 3.63) is 123 Å². The molecule has 4 aromatic rings. The first-order valence-corrected chi connectivity index (χ1v) is 19.6. The summed E-state index contributed by atoms with van der Waals surface area (Å²) in [4.78, 5) is 14.6. The fraction of sp³-hybridized carbons (Fsp3) is 0.405. The first-order valence-electron chi connectivity index (χ1n) is 16.0. The van der Waals surface area contributed by atoms with Gasteiger partial charge in [0.15, 0.2) is 11.0 Å². The third-order valence-corrected chi connectivity index (χ3v) is 16.0. The van der Waals surface area contributed by atoms with Gasteiger partial charge in [-0.1, -0.05) is 88.5 Å². The van der Waals surface area contributed by atoms with Crippen LogP contribution in [0.4, 0.5) is 0 Å². The fourth-order valence-corrected chi connectivity index (χ4v) is 8.94. The summed E-state index contributed by atoms with van der Waals surface area (Å²) in [5.41, 5.74) is -0.742. The average molecular weight is 691 g/mol. The lowest BCUT2D eigenvalue weighted by Gasteiger charge is -2.44. The molecule has 0 aliphatic carbocycles. The van der Waals surface area contributed by atoms with Crippen molar-refractivity contribution >= 4 is 20.3 Å². The molecule has 5 rings (SSSR count). The van der Waals surface area contributed by atoms with Crippen LogP contribution in [0.3, 0.4) is 0 Å². The molecule has 1 aliphatic rings. The van der Waals surface area contributed by atoms with Gasteiger partial charge in [0.25, 0.3) is 5.56 Å². The van der Waals surface area contributed by atoms with Crippen LogP contribution in [0.5, 0.6) is 11.5 Å². The Morgan fingerprint density at radius 3 is 1.90 bits per heavy atom. The van der Waals surface area contributed by atoms with E-state index in [-0.39, 0.29) is 22.0 Å². The smallest absolute Gasteiger partial charge is 0.251 e. The summed E-state index contributed by atoms with van der Waals surface area (Å²) in [5.74, 6) is 1.39. The van der Waals surface area contributed by atoms with Gasteiger partial charge in [-0.25, -0.2) is 0 Å². The van der Waals surface area contributed by atoms with Crippen LogP contribution in [-0.4, -0.2) is 66.5 Å². The predicted octanol–water partition coefficient (Wildman–Crippen LogP) is 6.43. The van der Waals surface area contributed by atoms with Crippen molar-refractivity contribution in [2.24, 2.45) is 0 Å². The highest BCUT2D eigenvalue weighted by Gasteiger charge is 2.59. The third kappa shape index (κ3) is 6.67. The molecule has 0 saturated carbocycles. The van der Waals surface area contributed by atoms with E-state index >= 15 is 0 Å². The number of rotatable bonds is 11. The second kappa shape index (κ2) is 13.7. The number of aliphatic hydroxyl groups is 2. The molecule has 3 aromatic carbocycles. The molecule has 0 amide bonds. The van der Waals surface area contributed by atoms with Crippen molar-refractivity contribution in [2.45, 2.75) is 74.6 Å². The van der Waals surface area contributed by atoms with Gasteiger partial charge in [-0.3, -0.25) is 14.3 Å². The lowest BCUT2D eigenvalue weighted by atomic mass is 9.79. The van der Waals surface area contributed by atoms with E-state index in [0.717, 1.165) is 16.7 Å². The van der Waals surface area contributed by atoms with E-state index in [0.29, 0.717) is 17.5 Å². The molecule has 256 valence electrons. The second-order valence-electron chi connectivity index (χ2n) is 14.1. The van der Waals surface area contributed by atoms with E-state index in [1.54, 1.807) is 14.2 Å². The number of nitrogens with zero attached hydrogens (tertiary/aromatic N) is 1. The van der Waals surface area contributed by atoms with Crippen LogP contribution in [0.15, 0.2) is 95.9 Å². The standard InChI is InChI=1S/C37H46N2O7SSi/c1-35(2,3)48(6,7)24-36(42)30(46-33(32(36)41)39-22-21-31(40)38-34(39)47)23-45-37(25-11-9-8-10-12-25,26-13-17-28(43-4)18-14-26)27-15-19-29(44-5)20-16-27/h8-22,30,32-33,41-42H,23-24H2,1-7H3,(H,38,40,47)/t30-,32+,33-,36-/m1/s1. The summed E-state index contributed by atoms with van der Waals surface area (Å²) in [7, 11) is 1.01. The molecule has 2 heterocycles. The van der Waals surface area contributed by atoms with E-state index in [2.05, 4.69) is 38.8 Å². The quantitative estimate of drug-likeness (QED) is 0.0938. The molecule has 11 heteroatoms. The number of nitrogens with one attached hydrogen (secondary N) is 1. The molecule has 1 aromatic heterocycles. The molecule has 1 saturated heterocycles. The molecule has 1 aliphatic heterocycles. The maximum Gasteiger partial charge on any atom is 0.251 e. The van der Waals surface area contributed by atoms with Crippen LogP contribution < -0.4 is 15.0 Å². The number of hydrogen-bond acceptors (Lipinski definition) is 8. The van der Waals surface area contributed by atoms with Crippen molar-refractivity contribution in [2.75, 3.05) is 20.8 Å². The van der Waals surface area contributed by atoms with Gasteiger partial charge < -0.3 is 29.2 Å². The number of hydrogen-bond donors (Lipinski definition) is 3. The summed E-state index contributed by atoms with van der Waals surface area (Å²) in [6, 6.07) is 26.9. The van der Waals surface area contributed by atoms with Crippen molar-refractivity contribution in [1.29, 1.82) is 0 Å². The normalized spacial score (nSPS) is 21.6. The minimum absolute atomic E-state index is 0.0814. The summed E-state index contributed by atoms with van der Waals surface area (Å²) < 4.78 is 26.2. The molecule has 0 radical (unpaired) electrons. The molecule has 0 spiro atoms. The molecular formula is C37H46N2O7SSi. The number of aromatic nitrogens is 2. The monoisotopic (exact) mass is 690 g/mol. The highest BCUT2D eigenvalue weighted by molar-refractivity contribution is 7.71. The first-order chi connectivity index (χ1) is 22.7. The van der Waals surface area contributed by atoms with Gasteiger partial charge in [-0.05, 0) is 64.3 Å². The van der Waals surface area contributed by atoms with Crippen molar-refractivity contribution < 1.29 is 29.2 Å². The van der Waals surface area contributed by atoms with Crippen LogP contribution >= 0.6 is 12.2 Å². The summed E-state index contributed by atoms with van der Waals surface area (Å²) in [6.45, 7) is 10.8. The Kier molecular flexibility index (Phi) is 10.2. The topological polar surface area (TPSA) is 115 Å². The van der Waals surface area contributed by atoms with Crippen molar-refractivity contribution in [1.82, 2.24) is 9.55 Å². The van der Waals surface area contributed by atoms with Crippen molar-refractivity contribution in [3.63, 3.8) is 0 Å². The van der Waals surface area contributed by atoms with Crippen LogP contribution in [0.2, 0.25) is 24.2 Å². The van der Waals surface area contributed by atoms with E-state index < -0.39 is 37.7 Å². The first kappa shape index (κ1) is 35.7. The van der Waals surface area contributed by atoms with Crippen LogP contribution in [0.25, 0.3) is 0 Å². The predicted molar refractivity (Wildman–Crippen MR) is 191 cm³/mol. The Morgan fingerprint density at radius 1 is 0.896 bits per heavy atom. The van der Waals surface area contributed by atoms with Crippen LogP contribution in [0.1, 0.15) is 43.7 Å². The maximum atomic E-state index is 12.7. The van der Waals surface area contributed by atoms with Gasteiger partial charge in [0, 0.05) is 12.3 Å². The lowest BCUT2D eigenvalue weighted by molar-refractivity contribution is -0.118. The molecule has 1 fully saturated rings. The Morgan fingerprint density at radius 2 is 1.42 bits per heavy atom. The SMILES string of the molecule is COc1ccc(C(OC[C@H]2O[C@@H](n3ccc(=O)[nH]c3=S)[C@H](O)[C@@]2(O)C[Si](C)(C)C(C)(C)C)(c2ccccc2)c2ccc(OC)cc2)cc1. The minimum atomic E-state index is -2.23. The summed E-state index contributed by atoms with van der Waals surface area (Å²) in [6.07, 6.45) is -1.93. The number of ether oxygens (including phenoxy) is 4. The van der Waals surface area contributed by atoms with Crippen molar-refractivity contribution in [3.8, 4) is 11.5 Å². The zero-order valence-electron chi connectivity index (χ0n) is 28.6. The molecule has 3 N–H and O–H groups in total. The molecule has 4 atom stereocenters. The highest BCUT2D eigenvalue weighted by atomic mass is 32.1. The van der Waals surface area contributed by atoms with Gasteiger partial charge >= 0.3 is 0 Å². The average Bonchev–Trinajstić information content (AvgIpc) is 3.29. The number of aromatic amines is 1. The molecule has 0 bridgehead atoms. The molecule has 9 nitrogen and oxygen atoms in total. The Bertz CT molecular complexity index is 1760. The fourth-order valence-electron chi connectivity index (χ4n) is 6.29. The number of benzene rings is 3. The Balaban J connectivity index is 1.66. The van der Waals surface area contributed by atoms with Gasteiger partial charge in [0.05, 0.1) is 28.9 Å². The highest BCUT2D eigenvalue weighted by Crippen LogP contribution is 2.49. The largest absolute Gasteiger partial charge is 0.497 e. The summed E-state index contributed by atoms with van der Waals surface area (Å²) >= 11 is 5.46. The van der Waals surface area contributed by atoms with E-state index in [4.69, 9.17) is 31.2 Å². The van der Waals surface area contributed by atoms with Gasteiger partial charge in [0.1, 0.15) is 34.9 Å². The van der Waals surface area contributed by atoms with Gasteiger partial charge in [0.2, 0.25) is 0 Å². The van der Waals surface area contributed by atoms with E-state index in [1.165, 1.54) is 16.8 Å². The minimum Gasteiger partial charge on any atom is -0.497 e. The Hall–Kier alpha value is -3.58. The van der Waals surface area contributed by atoms with Crippen LogP contribution in [0, 0.1) is 4.77 Å². The summed E-state index contributed by atoms with van der Waals surface area (Å²) in [5, 5.41) is 24.5. The zero-order valence-corrected chi connectivity index (χ0v) is 30.4. The van der Waals surface area contributed by atoms with Crippen LogP contribution in [-0.2, 0) is 15.1 Å². The van der Waals surface area contributed by atoms with Gasteiger partial charge in [-0.15, -0.1) is 0 Å². The number of methoxy groups -OCH3 is 2. The third-order valence-electron chi connectivity index (χ3n) is 10.1. The second-order valence-corrected chi connectivity index (χ2v) is 20.1. The number of aliphatic hydroxyl groups excluding tert-OH is 1. The molecule has 0 unspecified atom stereocenters.